The standard InChI is InChI=1S/C18H39N.3Mg.2H3O4P/c1-2-3-4-5-6-7-8-9-10-11-12-13-14-15-16-17-18-19;;;;2*1-5(2,3)4/h2-19H2,1H3;;;;2*(H3,1,2,3,4)/q;3*+2;;/p-6. The molecular formula is C18H39Mg3NO8P2. The number of hydrogen-bond acceptors (Lipinski definition) is 9. The molecule has 0 saturated heterocycles. The summed E-state index contributed by atoms with van der Waals surface area (Å²) in [5.74, 6) is 0. The van der Waals surface area contributed by atoms with Crippen LogP contribution in [0.1, 0.15) is 110 Å². The van der Waals surface area contributed by atoms with Gasteiger partial charge in [-0.1, -0.05) is 103 Å². The van der Waals surface area contributed by atoms with Crippen LogP contribution in [0.25, 0.3) is 0 Å². The van der Waals surface area contributed by atoms with E-state index in [2.05, 4.69) is 6.92 Å². The maximum atomic E-state index is 8.55. The molecule has 14 heteroatoms. The van der Waals surface area contributed by atoms with Crippen LogP contribution in [0.5, 0.6) is 0 Å². The maximum absolute atomic E-state index is 8.55. The molecular weight excluding hydrogens is 493 g/mol. The van der Waals surface area contributed by atoms with Crippen LogP contribution in [0.4, 0.5) is 0 Å². The summed E-state index contributed by atoms with van der Waals surface area (Å²) >= 11 is 0. The summed E-state index contributed by atoms with van der Waals surface area (Å²) in [6, 6.07) is 0. The Morgan fingerprint density at radius 1 is 0.469 bits per heavy atom. The molecule has 0 bridgehead atoms. The Labute approximate surface area is 243 Å². The van der Waals surface area contributed by atoms with Crippen LogP contribution in [-0.2, 0) is 9.13 Å². The van der Waals surface area contributed by atoms with E-state index in [4.69, 9.17) is 44.2 Å². The molecule has 2 N–H and O–H groups in total. The van der Waals surface area contributed by atoms with E-state index in [1.165, 1.54) is 103 Å². The van der Waals surface area contributed by atoms with Crippen molar-refractivity contribution in [2.75, 3.05) is 6.54 Å². The Morgan fingerprint density at radius 3 is 0.781 bits per heavy atom. The molecule has 180 valence electrons. The van der Waals surface area contributed by atoms with E-state index in [0.29, 0.717) is 0 Å². The zero-order chi connectivity index (χ0) is 23.0. The van der Waals surface area contributed by atoms with E-state index in [1.807, 2.05) is 0 Å². The van der Waals surface area contributed by atoms with Gasteiger partial charge in [0.15, 0.2) is 0 Å². The molecule has 9 nitrogen and oxygen atoms in total. The Morgan fingerprint density at radius 2 is 0.625 bits per heavy atom. The first-order valence-electron chi connectivity index (χ1n) is 10.6. The largest absolute Gasteiger partial charge is 2.00 e. The molecule has 0 aliphatic rings. The van der Waals surface area contributed by atoms with Gasteiger partial charge in [0.2, 0.25) is 0 Å². The van der Waals surface area contributed by atoms with Gasteiger partial charge in [-0.25, -0.2) is 0 Å². The minimum atomic E-state index is -5.39. The molecule has 0 aliphatic carbocycles. The molecule has 0 fully saturated rings. The van der Waals surface area contributed by atoms with Gasteiger partial charge in [-0.3, -0.25) is 0 Å². The van der Waals surface area contributed by atoms with Crippen LogP contribution in [0, 0.1) is 0 Å². The minimum absolute atomic E-state index is 0. The maximum Gasteiger partial charge on any atom is 2.00 e. The number of hydrogen-bond donors (Lipinski definition) is 1. The molecule has 0 rings (SSSR count). The molecule has 0 aliphatic heterocycles. The SMILES string of the molecule is CCCCCCCCCCCCCCCCCCN.O=P([O-])([O-])[O-].O=P([O-])([O-])[O-].[Mg+2].[Mg+2].[Mg+2]. The van der Waals surface area contributed by atoms with Crippen LogP contribution >= 0.6 is 15.6 Å². The number of rotatable bonds is 16. The fraction of sp³-hybridized carbons (Fsp3) is 1.00. The number of phosphoric acid groups is 2. The quantitative estimate of drug-likeness (QED) is 0.153. The van der Waals surface area contributed by atoms with Crippen molar-refractivity contribution in [2.45, 2.75) is 110 Å². The fourth-order valence-corrected chi connectivity index (χ4v) is 2.69. The van der Waals surface area contributed by atoms with Gasteiger partial charge in [0.1, 0.15) is 0 Å². The number of nitrogens with two attached hydrogens (primary N) is 1. The summed E-state index contributed by atoms with van der Waals surface area (Å²) in [6.45, 7) is 3.16. The molecule has 0 radical (unpaired) electrons. The van der Waals surface area contributed by atoms with Crippen molar-refractivity contribution in [3.05, 3.63) is 0 Å². The zero-order valence-corrected chi connectivity index (χ0v) is 25.9. The molecule has 0 aromatic heterocycles. The second-order valence-corrected chi connectivity index (χ2v) is 8.78. The van der Waals surface area contributed by atoms with Gasteiger partial charge in [0.25, 0.3) is 0 Å². The Balaban J connectivity index is -0.000000109. The predicted octanol–water partition coefficient (Wildman–Crippen LogP) is -0.585. The van der Waals surface area contributed by atoms with Gasteiger partial charge in [0.05, 0.1) is 0 Å². The molecule has 0 unspecified atom stereocenters. The van der Waals surface area contributed by atoms with E-state index < -0.39 is 15.6 Å². The van der Waals surface area contributed by atoms with Gasteiger partial charge in [-0.15, -0.1) is 0 Å². The van der Waals surface area contributed by atoms with Crippen LogP contribution in [-0.4, -0.2) is 75.7 Å². The third kappa shape index (κ3) is 94.3. The molecule has 0 heterocycles. The van der Waals surface area contributed by atoms with E-state index in [1.54, 1.807) is 0 Å². The first kappa shape index (κ1) is 47.6. The first-order chi connectivity index (χ1) is 13.4. The summed E-state index contributed by atoms with van der Waals surface area (Å²) in [5, 5.41) is 0. The second kappa shape index (κ2) is 35.6. The van der Waals surface area contributed by atoms with Crippen LogP contribution < -0.4 is 35.1 Å². The second-order valence-electron chi connectivity index (χ2n) is 6.99. The van der Waals surface area contributed by atoms with E-state index in [-0.39, 0.29) is 69.2 Å². The van der Waals surface area contributed by atoms with Gasteiger partial charge >= 0.3 is 69.2 Å². The van der Waals surface area contributed by atoms with Crippen molar-refractivity contribution in [1.82, 2.24) is 0 Å². The van der Waals surface area contributed by atoms with E-state index in [9.17, 15) is 0 Å². The van der Waals surface area contributed by atoms with Gasteiger partial charge in [-0.2, -0.15) is 15.6 Å². The topological polar surface area (TPSA) is 199 Å². The molecule has 0 aromatic rings. The van der Waals surface area contributed by atoms with Crippen molar-refractivity contribution < 1.29 is 38.5 Å². The van der Waals surface area contributed by atoms with Gasteiger partial charge in [0, 0.05) is 0 Å². The summed E-state index contributed by atoms with van der Waals surface area (Å²) in [7, 11) is -10.8. The summed E-state index contributed by atoms with van der Waals surface area (Å²) in [5.41, 5.74) is 5.48. The monoisotopic (exact) mass is 531 g/mol. The molecule has 0 saturated carbocycles. The Kier molecular flexibility index (Phi) is 53.1. The third-order valence-electron chi connectivity index (χ3n) is 4.06. The van der Waals surface area contributed by atoms with Crippen LogP contribution in [0.15, 0.2) is 0 Å². The van der Waals surface area contributed by atoms with Crippen molar-refractivity contribution >= 4 is 84.8 Å². The Bertz CT molecular complexity index is 363. The van der Waals surface area contributed by atoms with Crippen LogP contribution in [0.2, 0.25) is 0 Å². The average Bonchev–Trinajstić information content (AvgIpc) is 2.55. The van der Waals surface area contributed by atoms with Crippen LogP contribution in [0.3, 0.4) is 0 Å². The smallest absolute Gasteiger partial charge is 0.822 e. The third-order valence-corrected chi connectivity index (χ3v) is 4.06. The normalized spacial score (nSPS) is 10.2. The summed E-state index contributed by atoms with van der Waals surface area (Å²) in [4.78, 5) is 51.3. The predicted molar refractivity (Wildman–Crippen MR) is 121 cm³/mol. The zero-order valence-electron chi connectivity index (χ0n) is 19.9. The average molecular weight is 532 g/mol. The Hall–Kier alpha value is 2.48. The molecule has 32 heavy (non-hydrogen) atoms. The van der Waals surface area contributed by atoms with Crippen molar-refractivity contribution in [2.24, 2.45) is 5.73 Å². The van der Waals surface area contributed by atoms with Gasteiger partial charge in [-0.05, 0) is 13.0 Å². The minimum Gasteiger partial charge on any atom is -0.822 e. The van der Waals surface area contributed by atoms with E-state index >= 15 is 0 Å². The molecule has 0 amide bonds. The van der Waals surface area contributed by atoms with Crippen molar-refractivity contribution in [3.63, 3.8) is 0 Å². The molecule has 0 spiro atoms. The van der Waals surface area contributed by atoms with Gasteiger partial charge < -0.3 is 44.2 Å². The van der Waals surface area contributed by atoms with Crippen molar-refractivity contribution in [3.8, 4) is 0 Å². The molecule has 0 aromatic carbocycles. The fourth-order valence-electron chi connectivity index (χ4n) is 2.69. The number of unbranched alkanes of at least 4 members (excludes halogenated alkanes) is 15. The van der Waals surface area contributed by atoms with E-state index in [0.717, 1.165) is 6.54 Å². The summed E-state index contributed by atoms with van der Waals surface area (Å²) in [6.07, 6.45) is 22.9. The first-order valence-corrected chi connectivity index (χ1v) is 13.5. The molecule has 0 atom stereocenters. The summed E-state index contributed by atoms with van der Waals surface area (Å²) < 4.78 is 17.1. The van der Waals surface area contributed by atoms with Crippen molar-refractivity contribution in [1.29, 1.82) is 0 Å².